The topological polar surface area (TPSA) is 18.5 Å². The third-order valence-corrected chi connectivity index (χ3v) is 2.38. The molecule has 0 saturated carbocycles. The highest BCUT2D eigenvalue weighted by molar-refractivity contribution is 5.26. The molecule has 0 bridgehead atoms. The molecule has 0 amide bonds. The Morgan fingerprint density at radius 3 is 1.93 bits per heavy atom. The molecule has 4 heteroatoms. The maximum atomic E-state index is 12.6. The first kappa shape index (κ1) is 9.49. The van der Waals surface area contributed by atoms with E-state index in [1.54, 1.807) is 12.2 Å². The smallest absolute Gasteiger partial charge is 0.396 e. The SMILES string of the molecule is CC1(C)CC=C2OC(F)(F)OC2=CC1. The number of ether oxygens (including phenoxy) is 2. The Bertz CT molecular complexity index is 286. The molecule has 1 aliphatic carbocycles. The predicted octanol–water partition coefficient (Wildman–Crippen LogP) is 3.17. The molecule has 0 aromatic rings. The van der Waals surface area contributed by atoms with Crippen molar-refractivity contribution < 1.29 is 18.3 Å². The van der Waals surface area contributed by atoms with E-state index in [4.69, 9.17) is 0 Å². The van der Waals surface area contributed by atoms with Crippen LogP contribution in [0.4, 0.5) is 8.78 Å². The zero-order chi connectivity index (χ0) is 10.4. The van der Waals surface area contributed by atoms with E-state index >= 15 is 0 Å². The zero-order valence-corrected chi connectivity index (χ0v) is 8.14. The summed E-state index contributed by atoms with van der Waals surface area (Å²) in [6, 6.07) is 0. The van der Waals surface area contributed by atoms with Crippen LogP contribution in [0.2, 0.25) is 0 Å². The highest BCUT2D eigenvalue weighted by atomic mass is 19.3. The Labute approximate surface area is 81.2 Å². The molecule has 0 aromatic heterocycles. The van der Waals surface area contributed by atoms with Crippen LogP contribution in [-0.4, -0.2) is 6.29 Å². The number of fused-ring (bicyclic) bond motifs is 1. The summed E-state index contributed by atoms with van der Waals surface area (Å²) in [4.78, 5) is 0. The number of allylic oxidation sites excluding steroid dienone is 2. The van der Waals surface area contributed by atoms with Gasteiger partial charge in [0, 0.05) is 0 Å². The number of hydrogen-bond acceptors (Lipinski definition) is 2. The van der Waals surface area contributed by atoms with Crippen LogP contribution < -0.4 is 0 Å². The van der Waals surface area contributed by atoms with Gasteiger partial charge in [0.15, 0.2) is 11.5 Å². The normalized spacial score (nSPS) is 27.7. The zero-order valence-electron chi connectivity index (χ0n) is 8.14. The van der Waals surface area contributed by atoms with E-state index in [-0.39, 0.29) is 16.9 Å². The molecule has 2 aliphatic rings. The molecule has 2 nitrogen and oxygen atoms in total. The highest BCUT2D eigenvalue weighted by Crippen LogP contribution is 2.41. The van der Waals surface area contributed by atoms with Crippen LogP contribution in [0.15, 0.2) is 23.7 Å². The minimum absolute atomic E-state index is 0.0757. The van der Waals surface area contributed by atoms with E-state index in [0.29, 0.717) is 12.8 Å². The van der Waals surface area contributed by atoms with Gasteiger partial charge in [-0.25, -0.2) is 0 Å². The van der Waals surface area contributed by atoms with Gasteiger partial charge in [-0.2, -0.15) is 0 Å². The lowest BCUT2D eigenvalue weighted by atomic mass is 9.86. The van der Waals surface area contributed by atoms with Gasteiger partial charge in [0.05, 0.1) is 0 Å². The van der Waals surface area contributed by atoms with E-state index in [1.807, 2.05) is 0 Å². The second kappa shape index (κ2) is 2.72. The van der Waals surface area contributed by atoms with Crippen LogP contribution >= 0.6 is 0 Å². The van der Waals surface area contributed by atoms with Crippen molar-refractivity contribution in [2.45, 2.75) is 33.0 Å². The van der Waals surface area contributed by atoms with Gasteiger partial charge in [-0.05, 0) is 30.4 Å². The summed E-state index contributed by atoms with van der Waals surface area (Å²) >= 11 is 0. The lowest BCUT2D eigenvalue weighted by Gasteiger charge is -2.19. The summed E-state index contributed by atoms with van der Waals surface area (Å²) in [7, 11) is 0. The summed E-state index contributed by atoms with van der Waals surface area (Å²) in [5.41, 5.74) is 0.0757. The molecular weight excluding hydrogens is 190 g/mol. The molecule has 1 heterocycles. The van der Waals surface area contributed by atoms with Crippen molar-refractivity contribution in [2.75, 3.05) is 0 Å². The molecule has 1 aliphatic heterocycles. The molecule has 78 valence electrons. The second-order valence-corrected chi connectivity index (χ2v) is 4.38. The van der Waals surface area contributed by atoms with Crippen LogP contribution in [0.5, 0.6) is 0 Å². The predicted molar refractivity (Wildman–Crippen MR) is 46.3 cm³/mol. The number of rotatable bonds is 0. The van der Waals surface area contributed by atoms with E-state index in [0.717, 1.165) is 0 Å². The van der Waals surface area contributed by atoms with E-state index in [1.165, 1.54) is 0 Å². The van der Waals surface area contributed by atoms with Gasteiger partial charge < -0.3 is 9.47 Å². The molecule has 1 fully saturated rings. The Morgan fingerprint density at radius 1 is 1.07 bits per heavy atom. The molecule has 0 aromatic carbocycles. The molecule has 0 radical (unpaired) electrons. The number of halogens is 2. The van der Waals surface area contributed by atoms with Crippen molar-refractivity contribution in [2.24, 2.45) is 5.41 Å². The van der Waals surface area contributed by atoms with Gasteiger partial charge in [0.1, 0.15) is 0 Å². The fourth-order valence-corrected chi connectivity index (χ4v) is 1.48. The summed E-state index contributed by atoms with van der Waals surface area (Å²) in [6.45, 7) is 4.14. The van der Waals surface area contributed by atoms with Crippen LogP contribution in [0.25, 0.3) is 0 Å². The lowest BCUT2D eigenvalue weighted by molar-refractivity contribution is -0.326. The second-order valence-electron chi connectivity index (χ2n) is 4.38. The van der Waals surface area contributed by atoms with Crippen LogP contribution in [-0.2, 0) is 9.47 Å². The Balaban J connectivity index is 2.26. The summed E-state index contributed by atoms with van der Waals surface area (Å²) < 4.78 is 34.0. The largest absolute Gasteiger partial charge is 0.586 e. The van der Waals surface area contributed by atoms with Crippen molar-refractivity contribution in [3.8, 4) is 0 Å². The molecule has 0 atom stereocenters. The fourth-order valence-electron chi connectivity index (χ4n) is 1.48. The minimum atomic E-state index is -3.49. The highest BCUT2D eigenvalue weighted by Gasteiger charge is 2.46. The summed E-state index contributed by atoms with van der Waals surface area (Å²) in [5.74, 6) is 0.334. The first-order chi connectivity index (χ1) is 6.38. The Kier molecular flexibility index (Phi) is 1.84. The summed E-state index contributed by atoms with van der Waals surface area (Å²) in [6.07, 6.45) is 1.27. The van der Waals surface area contributed by atoms with E-state index < -0.39 is 6.29 Å². The van der Waals surface area contributed by atoms with Gasteiger partial charge in [0.25, 0.3) is 0 Å². The first-order valence-electron chi connectivity index (χ1n) is 4.55. The third-order valence-electron chi connectivity index (χ3n) is 2.38. The quantitative estimate of drug-likeness (QED) is 0.600. The average Bonchev–Trinajstić information content (AvgIpc) is 2.27. The van der Waals surface area contributed by atoms with Crippen LogP contribution in [0, 0.1) is 5.41 Å². The lowest BCUT2D eigenvalue weighted by Crippen LogP contribution is -2.15. The van der Waals surface area contributed by atoms with Crippen molar-refractivity contribution in [3.63, 3.8) is 0 Å². The van der Waals surface area contributed by atoms with Crippen molar-refractivity contribution in [1.29, 1.82) is 0 Å². The number of alkyl halides is 2. The third kappa shape index (κ3) is 1.74. The van der Waals surface area contributed by atoms with E-state index in [9.17, 15) is 8.78 Å². The van der Waals surface area contributed by atoms with Crippen molar-refractivity contribution in [3.05, 3.63) is 23.7 Å². The fraction of sp³-hybridized carbons (Fsp3) is 0.600. The molecule has 1 saturated heterocycles. The summed E-state index contributed by atoms with van der Waals surface area (Å²) in [5, 5.41) is 0. The first-order valence-corrected chi connectivity index (χ1v) is 4.55. The molecule has 2 rings (SSSR count). The molecule has 0 unspecified atom stereocenters. The minimum Gasteiger partial charge on any atom is -0.396 e. The maximum absolute atomic E-state index is 12.6. The van der Waals surface area contributed by atoms with Gasteiger partial charge in [0.2, 0.25) is 0 Å². The molecule has 0 spiro atoms. The monoisotopic (exact) mass is 202 g/mol. The number of hydrogen-bond donors (Lipinski definition) is 0. The van der Waals surface area contributed by atoms with Crippen molar-refractivity contribution >= 4 is 0 Å². The van der Waals surface area contributed by atoms with Gasteiger partial charge in [-0.1, -0.05) is 13.8 Å². The molecule has 14 heavy (non-hydrogen) atoms. The van der Waals surface area contributed by atoms with Crippen LogP contribution in [0.1, 0.15) is 26.7 Å². The average molecular weight is 202 g/mol. The molecule has 0 N–H and O–H groups in total. The van der Waals surface area contributed by atoms with Crippen LogP contribution in [0.3, 0.4) is 0 Å². The maximum Gasteiger partial charge on any atom is 0.586 e. The van der Waals surface area contributed by atoms with Gasteiger partial charge in [-0.15, -0.1) is 8.78 Å². The van der Waals surface area contributed by atoms with Crippen molar-refractivity contribution in [1.82, 2.24) is 0 Å². The molecular formula is C10H12F2O2. The Hall–Kier alpha value is -1.06. The Morgan fingerprint density at radius 2 is 1.50 bits per heavy atom. The van der Waals surface area contributed by atoms with Gasteiger partial charge >= 0.3 is 6.29 Å². The van der Waals surface area contributed by atoms with Gasteiger partial charge in [-0.3, -0.25) is 0 Å². The van der Waals surface area contributed by atoms with E-state index in [2.05, 4.69) is 23.3 Å². The standard InChI is InChI=1S/C10H12F2O2/c1-9(2)5-3-7-8(4-6-9)14-10(11,12)13-7/h3-4H,5-6H2,1-2H3.